The van der Waals surface area contributed by atoms with Crippen molar-refractivity contribution in [1.82, 2.24) is 5.32 Å². The number of amides is 1. The van der Waals surface area contributed by atoms with E-state index in [1.54, 1.807) is 0 Å². The molecule has 2 N–H and O–H groups in total. The molecule has 1 aromatic carbocycles. The molecular weight excluding hydrogens is 414 g/mol. The van der Waals surface area contributed by atoms with Crippen molar-refractivity contribution >= 4 is 17.5 Å². The second-order valence-corrected chi connectivity index (χ2v) is 12.3. The molecule has 4 unspecified atom stereocenters. The Balaban J connectivity index is 1.23. The average molecular weight is 456 g/mol. The third-order valence-corrected chi connectivity index (χ3v) is 8.02. The van der Waals surface area contributed by atoms with Crippen molar-refractivity contribution in [2.45, 2.75) is 96.1 Å². The van der Waals surface area contributed by atoms with E-state index in [4.69, 9.17) is 9.47 Å². The summed E-state index contributed by atoms with van der Waals surface area (Å²) in [6.07, 6.45) is 6.04. The average Bonchev–Trinajstić information content (AvgIpc) is 2.68. The second-order valence-electron chi connectivity index (χ2n) is 12.3. The fourth-order valence-corrected chi connectivity index (χ4v) is 7.28. The highest BCUT2D eigenvalue weighted by atomic mass is 16.6. The smallest absolute Gasteiger partial charge is 0.408 e. The van der Waals surface area contributed by atoms with Crippen LogP contribution >= 0.6 is 0 Å². The maximum Gasteiger partial charge on any atom is 0.408 e. The van der Waals surface area contributed by atoms with Gasteiger partial charge < -0.3 is 25.0 Å². The van der Waals surface area contributed by atoms with Gasteiger partial charge in [-0.1, -0.05) is 0 Å². The molecule has 1 heterocycles. The number of carbonyl (C=O) groups excluding carboxylic acids is 1. The number of hydrogen-bond donors (Lipinski definition) is 2. The number of morpholine rings is 1. The van der Waals surface area contributed by atoms with Gasteiger partial charge in [-0.3, -0.25) is 0 Å². The van der Waals surface area contributed by atoms with Crippen LogP contribution in [0.5, 0.6) is 0 Å². The molecule has 4 atom stereocenters. The van der Waals surface area contributed by atoms with Crippen LogP contribution in [0.1, 0.15) is 66.7 Å². The van der Waals surface area contributed by atoms with E-state index >= 15 is 0 Å². The van der Waals surface area contributed by atoms with Crippen molar-refractivity contribution in [2.75, 3.05) is 23.3 Å². The molecule has 0 spiro atoms. The topological polar surface area (TPSA) is 62.8 Å². The number of rotatable bonds is 4. The molecule has 4 bridgehead atoms. The molecule has 182 valence electrons. The van der Waals surface area contributed by atoms with Gasteiger partial charge in [0.05, 0.1) is 12.2 Å². The zero-order valence-corrected chi connectivity index (χ0v) is 20.9. The molecule has 33 heavy (non-hydrogen) atoms. The molecule has 5 fully saturated rings. The lowest BCUT2D eigenvalue weighted by Crippen LogP contribution is -2.65. The van der Waals surface area contributed by atoms with E-state index in [1.807, 2.05) is 20.8 Å². The van der Waals surface area contributed by atoms with Crippen molar-refractivity contribution in [3.8, 4) is 0 Å². The van der Waals surface area contributed by atoms with Crippen LogP contribution in [0.25, 0.3) is 0 Å². The van der Waals surface area contributed by atoms with Gasteiger partial charge in [0.15, 0.2) is 0 Å². The van der Waals surface area contributed by atoms with Gasteiger partial charge in [-0.2, -0.15) is 0 Å². The van der Waals surface area contributed by atoms with Gasteiger partial charge in [0.1, 0.15) is 5.60 Å². The molecular formula is C27H41N3O3. The third-order valence-electron chi connectivity index (χ3n) is 8.02. The number of carbonyl (C=O) groups is 1. The van der Waals surface area contributed by atoms with Crippen molar-refractivity contribution in [1.29, 1.82) is 0 Å². The van der Waals surface area contributed by atoms with E-state index < -0.39 is 5.60 Å². The summed E-state index contributed by atoms with van der Waals surface area (Å²) < 4.78 is 11.5. The first-order valence-corrected chi connectivity index (χ1v) is 12.9. The highest BCUT2D eigenvalue weighted by Gasteiger charge is 2.56. The van der Waals surface area contributed by atoms with Crippen LogP contribution in [-0.2, 0) is 9.47 Å². The third kappa shape index (κ3) is 4.96. The van der Waals surface area contributed by atoms with Crippen molar-refractivity contribution < 1.29 is 14.3 Å². The summed E-state index contributed by atoms with van der Waals surface area (Å²) in [5.41, 5.74) is 1.94. The van der Waals surface area contributed by atoms with Crippen LogP contribution in [-0.4, -0.2) is 48.6 Å². The Bertz CT molecular complexity index is 838. The Morgan fingerprint density at radius 2 is 1.64 bits per heavy atom. The fraction of sp³-hybridized carbons (Fsp3) is 0.741. The molecule has 0 radical (unpaired) electrons. The van der Waals surface area contributed by atoms with E-state index in [0.717, 1.165) is 38.3 Å². The molecule has 1 saturated heterocycles. The van der Waals surface area contributed by atoms with Crippen LogP contribution in [0.15, 0.2) is 24.3 Å². The van der Waals surface area contributed by atoms with Crippen molar-refractivity contribution in [3.05, 3.63) is 24.3 Å². The number of benzene rings is 1. The summed E-state index contributed by atoms with van der Waals surface area (Å²) in [6.45, 7) is 12.0. The molecule has 6 nitrogen and oxygen atoms in total. The summed E-state index contributed by atoms with van der Waals surface area (Å²) in [5, 5.41) is 7.21. The summed E-state index contributed by atoms with van der Waals surface area (Å²) in [4.78, 5) is 15.0. The van der Waals surface area contributed by atoms with Gasteiger partial charge in [-0.05, 0) is 109 Å². The number of ether oxygens (including phenoxy) is 2. The molecule has 1 aromatic rings. The lowest BCUT2D eigenvalue weighted by Gasteiger charge is -2.60. The summed E-state index contributed by atoms with van der Waals surface area (Å²) in [6, 6.07) is 9.45. The number of anilines is 2. The monoisotopic (exact) mass is 455 g/mol. The van der Waals surface area contributed by atoms with Gasteiger partial charge >= 0.3 is 6.09 Å². The Hall–Kier alpha value is -1.95. The van der Waals surface area contributed by atoms with Crippen LogP contribution in [0.2, 0.25) is 0 Å². The van der Waals surface area contributed by atoms with E-state index in [2.05, 4.69) is 53.6 Å². The van der Waals surface area contributed by atoms with Gasteiger partial charge in [0.2, 0.25) is 0 Å². The fourth-order valence-electron chi connectivity index (χ4n) is 7.28. The minimum Gasteiger partial charge on any atom is -0.444 e. The van der Waals surface area contributed by atoms with Gasteiger partial charge in [-0.25, -0.2) is 4.79 Å². The Morgan fingerprint density at radius 3 is 2.21 bits per heavy atom. The zero-order valence-electron chi connectivity index (χ0n) is 20.9. The molecule has 4 aliphatic carbocycles. The van der Waals surface area contributed by atoms with Gasteiger partial charge in [-0.15, -0.1) is 0 Å². The highest BCUT2D eigenvalue weighted by molar-refractivity contribution is 5.69. The van der Waals surface area contributed by atoms with Crippen molar-refractivity contribution in [2.24, 2.45) is 17.8 Å². The maximum atomic E-state index is 12.6. The molecule has 6 heteroatoms. The van der Waals surface area contributed by atoms with Crippen LogP contribution in [0.3, 0.4) is 0 Å². The standard InChI is InChI=1S/C27H41N3O3/c1-17-15-30(16-18(2)32-17)23-8-6-22(7-9-23)28-24-20-10-19-11-21(24)14-27(12-19,13-20)29-25(31)33-26(3,4)5/h6-9,17-21,24,28H,10-16H2,1-5H3,(H,29,31). The minimum absolute atomic E-state index is 0.0788. The lowest BCUT2D eigenvalue weighted by atomic mass is 9.51. The quantitative estimate of drug-likeness (QED) is 0.655. The Labute approximate surface area is 198 Å². The molecule has 1 amide bonds. The van der Waals surface area contributed by atoms with Crippen molar-refractivity contribution in [3.63, 3.8) is 0 Å². The first-order chi connectivity index (χ1) is 15.6. The number of hydrogen-bond acceptors (Lipinski definition) is 5. The molecule has 0 aromatic heterocycles. The molecule has 6 rings (SSSR count). The Kier molecular flexibility index (Phi) is 5.79. The second kappa shape index (κ2) is 8.37. The zero-order chi connectivity index (χ0) is 23.4. The number of nitrogens with one attached hydrogen (secondary N) is 2. The molecule has 4 saturated carbocycles. The maximum absolute atomic E-state index is 12.6. The summed E-state index contributed by atoms with van der Waals surface area (Å²) in [5.74, 6) is 1.93. The van der Waals surface area contributed by atoms with Gasteiger partial charge in [0, 0.05) is 36.0 Å². The molecule has 5 aliphatic rings. The normalized spacial score (nSPS) is 37.7. The van der Waals surface area contributed by atoms with Crippen LogP contribution in [0, 0.1) is 17.8 Å². The minimum atomic E-state index is -0.458. The van der Waals surface area contributed by atoms with Gasteiger partial charge in [0.25, 0.3) is 0 Å². The first-order valence-electron chi connectivity index (χ1n) is 12.9. The number of nitrogens with zero attached hydrogens (tertiary/aromatic N) is 1. The summed E-state index contributed by atoms with van der Waals surface area (Å²) in [7, 11) is 0. The van der Waals surface area contributed by atoms with Crippen LogP contribution < -0.4 is 15.5 Å². The lowest BCUT2D eigenvalue weighted by molar-refractivity contribution is -0.0348. The first kappa shape index (κ1) is 22.8. The predicted molar refractivity (Wildman–Crippen MR) is 132 cm³/mol. The Morgan fingerprint density at radius 1 is 1.03 bits per heavy atom. The van der Waals surface area contributed by atoms with E-state index in [-0.39, 0.29) is 23.8 Å². The number of alkyl carbamates (subject to hydrolysis) is 1. The van der Waals surface area contributed by atoms with E-state index in [0.29, 0.717) is 17.9 Å². The van der Waals surface area contributed by atoms with Crippen LogP contribution in [0.4, 0.5) is 16.2 Å². The SMILES string of the molecule is CC1CN(c2ccc(NC3C4CC5CC3CC(NC(=O)OC(C)(C)C)(C5)C4)cc2)CC(C)O1. The highest BCUT2D eigenvalue weighted by Crippen LogP contribution is 2.56. The largest absolute Gasteiger partial charge is 0.444 e. The van der Waals surface area contributed by atoms with E-state index in [9.17, 15) is 4.79 Å². The predicted octanol–water partition coefficient (Wildman–Crippen LogP) is 5.18. The molecule has 1 aliphatic heterocycles. The van der Waals surface area contributed by atoms with E-state index in [1.165, 1.54) is 24.2 Å². The summed E-state index contributed by atoms with van der Waals surface area (Å²) >= 11 is 0.